The number of halogens is 1. The normalized spacial score (nSPS) is 22.2. The Hall–Kier alpha value is -0.770. The maximum atomic E-state index is 9.25. The second-order valence-corrected chi connectivity index (χ2v) is 3.68. The molecule has 0 amide bonds. The Morgan fingerprint density at radius 1 is 1.50 bits per heavy atom. The van der Waals surface area contributed by atoms with Crippen LogP contribution >= 0.6 is 11.6 Å². The molecule has 0 bridgehead atoms. The molecule has 14 heavy (non-hydrogen) atoms. The molecule has 1 heterocycles. The monoisotopic (exact) mass is 213 g/mol. The number of nitrogens with one attached hydrogen (secondary N) is 1. The summed E-state index contributed by atoms with van der Waals surface area (Å²) >= 11 is 5.81. The van der Waals surface area contributed by atoms with Crippen LogP contribution in [0, 0.1) is 0 Å². The molecule has 4 heteroatoms. The maximum absolute atomic E-state index is 9.25. The van der Waals surface area contributed by atoms with E-state index in [9.17, 15) is 5.11 Å². The number of aromatic hydroxyl groups is 1. The van der Waals surface area contributed by atoms with Gasteiger partial charge in [0, 0.05) is 13.1 Å². The molecule has 1 aliphatic heterocycles. The fraction of sp³-hybridized carbons (Fsp3) is 0.400. The predicted octanol–water partition coefficient (Wildman–Crippen LogP) is 1.71. The minimum absolute atomic E-state index is 0.0434. The van der Waals surface area contributed by atoms with E-state index in [-0.39, 0.29) is 11.9 Å². The summed E-state index contributed by atoms with van der Waals surface area (Å²) in [6.45, 7) is 2.40. The Bertz CT molecular complexity index is 324. The third-order valence-corrected chi connectivity index (χ3v) is 2.57. The van der Waals surface area contributed by atoms with Crippen molar-refractivity contribution < 1.29 is 9.84 Å². The number of morpholine rings is 1. The Morgan fingerprint density at radius 3 is 3.00 bits per heavy atom. The highest BCUT2D eigenvalue weighted by Crippen LogP contribution is 2.28. The first kappa shape index (κ1) is 9.77. The maximum Gasteiger partial charge on any atom is 0.134 e. The number of hydrogen-bond donors (Lipinski definition) is 2. The van der Waals surface area contributed by atoms with E-state index in [2.05, 4.69) is 5.32 Å². The smallest absolute Gasteiger partial charge is 0.134 e. The standard InChI is InChI=1S/C10H12ClNO2/c11-8-5-7(1-2-9(8)13)10-6-12-3-4-14-10/h1-2,5,10,12-13H,3-4,6H2. The SMILES string of the molecule is Oc1ccc(C2CNCCO2)cc1Cl. The highest BCUT2D eigenvalue weighted by atomic mass is 35.5. The summed E-state index contributed by atoms with van der Waals surface area (Å²) in [6, 6.07) is 5.17. The fourth-order valence-electron chi connectivity index (χ4n) is 1.50. The van der Waals surface area contributed by atoms with Gasteiger partial charge < -0.3 is 15.2 Å². The summed E-state index contributed by atoms with van der Waals surface area (Å²) in [5.74, 6) is 0.110. The molecule has 0 spiro atoms. The number of benzene rings is 1. The van der Waals surface area contributed by atoms with Crippen molar-refractivity contribution >= 4 is 11.6 Å². The third kappa shape index (κ3) is 2.00. The number of ether oxygens (including phenoxy) is 1. The molecule has 2 N–H and O–H groups in total. The van der Waals surface area contributed by atoms with Crippen LogP contribution in [0.5, 0.6) is 5.75 Å². The molecule has 1 aliphatic rings. The number of hydrogen-bond acceptors (Lipinski definition) is 3. The average Bonchev–Trinajstić information content (AvgIpc) is 2.23. The Balaban J connectivity index is 2.18. The largest absolute Gasteiger partial charge is 0.506 e. The van der Waals surface area contributed by atoms with Crippen molar-refractivity contribution in [3.63, 3.8) is 0 Å². The van der Waals surface area contributed by atoms with Gasteiger partial charge in [-0.2, -0.15) is 0 Å². The lowest BCUT2D eigenvalue weighted by molar-refractivity contribution is 0.0277. The minimum Gasteiger partial charge on any atom is -0.506 e. The van der Waals surface area contributed by atoms with Crippen LogP contribution in [0.2, 0.25) is 5.02 Å². The molecular weight excluding hydrogens is 202 g/mol. The van der Waals surface area contributed by atoms with Crippen molar-refractivity contribution in [2.24, 2.45) is 0 Å². The van der Waals surface area contributed by atoms with Crippen LogP contribution < -0.4 is 5.32 Å². The van der Waals surface area contributed by atoms with Gasteiger partial charge in [-0.3, -0.25) is 0 Å². The zero-order chi connectivity index (χ0) is 9.97. The first-order chi connectivity index (χ1) is 6.77. The molecule has 1 fully saturated rings. The second kappa shape index (κ2) is 4.17. The van der Waals surface area contributed by atoms with Gasteiger partial charge in [0.1, 0.15) is 5.75 Å². The zero-order valence-corrected chi connectivity index (χ0v) is 8.42. The molecule has 2 rings (SSSR count). The molecule has 0 aromatic heterocycles. The van der Waals surface area contributed by atoms with E-state index in [1.165, 1.54) is 0 Å². The molecule has 0 saturated carbocycles. The lowest BCUT2D eigenvalue weighted by Gasteiger charge is -2.24. The van der Waals surface area contributed by atoms with Gasteiger partial charge in [-0.25, -0.2) is 0 Å². The Kier molecular flexibility index (Phi) is 2.91. The van der Waals surface area contributed by atoms with E-state index in [1.54, 1.807) is 12.1 Å². The third-order valence-electron chi connectivity index (χ3n) is 2.27. The van der Waals surface area contributed by atoms with Gasteiger partial charge in [0.15, 0.2) is 0 Å². The van der Waals surface area contributed by atoms with E-state index in [4.69, 9.17) is 16.3 Å². The summed E-state index contributed by atoms with van der Waals surface area (Å²) in [6.07, 6.45) is 0.0434. The molecule has 1 aromatic carbocycles. The number of phenolic OH excluding ortho intramolecular Hbond substituents is 1. The van der Waals surface area contributed by atoms with Gasteiger partial charge in [0.05, 0.1) is 17.7 Å². The highest BCUT2D eigenvalue weighted by molar-refractivity contribution is 6.32. The van der Waals surface area contributed by atoms with Crippen molar-refractivity contribution in [3.8, 4) is 5.75 Å². The van der Waals surface area contributed by atoms with Crippen LogP contribution in [0.25, 0.3) is 0 Å². The number of phenols is 1. The summed E-state index contributed by atoms with van der Waals surface area (Å²) < 4.78 is 5.56. The summed E-state index contributed by atoms with van der Waals surface area (Å²) in [5.41, 5.74) is 1.00. The Labute approximate surface area is 87.6 Å². The molecule has 0 radical (unpaired) electrons. The van der Waals surface area contributed by atoms with Crippen molar-refractivity contribution in [2.75, 3.05) is 19.7 Å². The van der Waals surface area contributed by atoms with Crippen LogP contribution in [-0.2, 0) is 4.74 Å². The molecule has 1 atom stereocenters. The van der Waals surface area contributed by atoms with Crippen molar-refractivity contribution in [3.05, 3.63) is 28.8 Å². The molecular formula is C10H12ClNO2. The topological polar surface area (TPSA) is 41.5 Å². The summed E-state index contributed by atoms with van der Waals surface area (Å²) in [5, 5.41) is 12.9. The summed E-state index contributed by atoms with van der Waals surface area (Å²) in [4.78, 5) is 0. The van der Waals surface area contributed by atoms with Gasteiger partial charge in [0.25, 0.3) is 0 Å². The zero-order valence-electron chi connectivity index (χ0n) is 7.66. The van der Waals surface area contributed by atoms with Crippen molar-refractivity contribution in [1.82, 2.24) is 5.32 Å². The first-order valence-electron chi connectivity index (χ1n) is 4.58. The molecule has 0 aliphatic carbocycles. The minimum atomic E-state index is 0.0434. The molecule has 1 aromatic rings. The lowest BCUT2D eigenvalue weighted by atomic mass is 10.1. The molecule has 76 valence electrons. The molecule has 1 saturated heterocycles. The molecule has 3 nitrogen and oxygen atoms in total. The van der Waals surface area contributed by atoms with E-state index in [1.807, 2.05) is 6.07 Å². The van der Waals surface area contributed by atoms with Gasteiger partial charge >= 0.3 is 0 Å². The van der Waals surface area contributed by atoms with E-state index < -0.39 is 0 Å². The van der Waals surface area contributed by atoms with Gasteiger partial charge in [-0.15, -0.1) is 0 Å². The quantitative estimate of drug-likeness (QED) is 0.746. The molecule has 1 unspecified atom stereocenters. The van der Waals surface area contributed by atoms with Crippen LogP contribution in [0.4, 0.5) is 0 Å². The van der Waals surface area contributed by atoms with Crippen LogP contribution in [-0.4, -0.2) is 24.8 Å². The van der Waals surface area contributed by atoms with Crippen molar-refractivity contribution in [2.45, 2.75) is 6.10 Å². The lowest BCUT2D eigenvalue weighted by Crippen LogP contribution is -2.33. The van der Waals surface area contributed by atoms with Crippen LogP contribution in [0.15, 0.2) is 18.2 Å². The van der Waals surface area contributed by atoms with E-state index in [0.717, 1.165) is 18.7 Å². The number of rotatable bonds is 1. The summed E-state index contributed by atoms with van der Waals surface area (Å²) in [7, 11) is 0. The Morgan fingerprint density at radius 2 is 2.36 bits per heavy atom. The van der Waals surface area contributed by atoms with E-state index >= 15 is 0 Å². The highest BCUT2D eigenvalue weighted by Gasteiger charge is 2.16. The first-order valence-corrected chi connectivity index (χ1v) is 4.96. The predicted molar refractivity (Wildman–Crippen MR) is 54.7 cm³/mol. The van der Waals surface area contributed by atoms with Crippen LogP contribution in [0.3, 0.4) is 0 Å². The van der Waals surface area contributed by atoms with Gasteiger partial charge in [-0.1, -0.05) is 17.7 Å². The van der Waals surface area contributed by atoms with Crippen molar-refractivity contribution in [1.29, 1.82) is 0 Å². The van der Waals surface area contributed by atoms with E-state index in [0.29, 0.717) is 11.6 Å². The van der Waals surface area contributed by atoms with Crippen LogP contribution in [0.1, 0.15) is 11.7 Å². The van der Waals surface area contributed by atoms with Gasteiger partial charge in [0.2, 0.25) is 0 Å². The second-order valence-electron chi connectivity index (χ2n) is 3.27. The van der Waals surface area contributed by atoms with Gasteiger partial charge in [-0.05, 0) is 17.7 Å². The fourth-order valence-corrected chi connectivity index (χ4v) is 1.69. The average molecular weight is 214 g/mol.